The van der Waals surface area contributed by atoms with Gasteiger partial charge in [0.05, 0.1) is 19.3 Å². The van der Waals surface area contributed by atoms with Gasteiger partial charge in [0.2, 0.25) is 0 Å². The predicted octanol–water partition coefficient (Wildman–Crippen LogP) is 3.60. The summed E-state index contributed by atoms with van der Waals surface area (Å²) < 4.78 is 5.32. The maximum atomic E-state index is 10.0. The largest absolute Gasteiger partial charge is 0.392 e. The van der Waals surface area contributed by atoms with Crippen LogP contribution < -0.4 is 0 Å². The van der Waals surface area contributed by atoms with E-state index < -0.39 is 0 Å². The molecule has 0 spiro atoms. The van der Waals surface area contributed by atoms with Gasteiger partial charge in [0, 0.05) is 19.6 Å². The summed E-state index contributed by atoms with van der Waals surface area (Å²) in [7, 11) is 0. The van der Waals surface area contributed by atoms with Crippen molar-refractivity contribution in [2.75, 3.05) is 32.8 Å². The van der Waals surface area contributed by atoms with Gasteiger partial charge >= 0.3 is 0 Å². The Balaban J connectivity index is 1.83. The van der Waals surface area contributed by atoms with Crippen LogP contribution >= 0.6 is 0 Å². The number of aliphatic hydroxyl groups excluding tert-OH is 1. The third-order valence-corrected chi connectivity index (χ3v) is 4.21. The predicted molar refractivity (Wildman–Crippen MR) is 85.1 cm³/mol. The van der Waals surface area contributed by atoms with Gasteiger partial charge in [0.25, 0.3) is 0 Å². The second-order valence-corrected chi connectivity index (χ2v) is 6.18. The van der Waals surface area contributed by atoms with Crippen molar-refractivity contribution in [2.24, 2.45) is 0 Å². The number of β-amino-alcohol motifs (C(OH)–C–C–N with tert-alkyl or cyclic N) is 1. The van der Waals surface area contributed by atoms with Crippen molar-refractivity contribution in [2.45, 2.75) is 77.2 Å². The quantitative estimate of drug-likeness (QED) is 0.556. The zero-order valence-corrected chi connectivity index (χ0v) is 13.5. The Labute approximate surface area is 125 Å². The molecule has 0 bridgehead atoms. The zero-order valence-electron chi connectivity index (χ0n) is 13.5. The van der Waals surface area contributed by atoms with Crippen molar-refractivity contribution < 1.29 is 9.84 Å². The fourth-order valence-electron chi connectivity index (χ4n) is 2.86. The number of ether oxygens (including phenoxy) is 1. The normalized spacial score (nSPS) is 18.3. The summed E-state index contributed by atoms with van der Waals surface area (Å²) in [6.45, 7) is 6.71. The molecule has 3 nitrogen and oxygen atoms in total. The van der Waals surface area contributed by atoms with Gasteiger partial charge in [-0.25, -0.2) is 0 Å². The summed E-state index contributed by atoms with van der Waals surface area (Å²) in [6, 6.07) is 0. The van der Waals surface area contributed by atoms with E-state index in [4.69, 9.17) is 4.74 Å². The average Bonchev–Trinajstić information content (AvgIpc) is 2.46. The van der Waals surface area contributed by atoms with Crippen LogP contribution in [0.1, 0.15) is 71.1 Å². The second kappa shape index (κ2) is 12.6. The SMILES string of the molecule is CCCCCCCCCCC[C@H](O)CN1CCOCC1. The fraction of sp³-hybridized carbons (Fsp3) is 1.00. The molecule has 1 rings (SSSR count). The van der Waals surface area contributed by atoms with Crippen LogP contribution in [0.2, 0.25) is 0 Å². The first-order valence-corrected chi connectivity index (χ1v) is 8.81. The molecule has 1 N–H and O–H groups in total. The third kappa shape index (κ3) is 9.73. The Hall–Kier alpha value is -0.120. The Kier molecular flexibility index (Phi) is 11.3. The van der Waals surface area contributed by atoms with Gasteiger partial charge < -0.3 is 9.84 Å². The van der Waals surface area contributed by atoms with Crippen molar-refractivity contribution in [3.63, 3.8) is 0 Å². The van der Waals surface area contributed by atoms with E-state index >= 15 is 0 Å². The first kappa shape index (κ1) is 17.9. The lowest BCUT2D eigenvalue weighted by molar-refractivity contribution is 0.0127. The molecule has 0 aliphatic carbocycles. The van der Waals surface area contributed by atoms with Crippen LogP contribution in [0.15, 0.2) is 0 Å². The van der Waals surface area contributed by atoms with Crippen molar-refractivity contribution in [1.29, 1.82) is 0 Å². The smallest absolute Gasteiger partial charge is 0.0667 e. The topological polar surface area (TPSA) is 32.7 Å². The summed E-state index contributed by atoms with van der Waals surface area (Å²) in [6.07, 6.45) is 13.0. The zero-order chi connectivity index (χ0) is 14.5. The van der Waals surface area contributed by atoms with Crippen LogP contribution in [-0.2, 0) is 4.74 Å². The minimum Gasteiger partial charge on any atom is -0.392 e. The molecule has 0 radical (unpaired) electrons. The molecule has 1 aliphatic heterocycles. The Morgan fingerprint density at radius 3 is 2.05 bits per heavy atom. The van der Waals surface area contributed by atoms with Gasteiger partial charge in [-0.2, -0.15) is 0 Å². The van der Waals surface area contributed by atoms with E-state index in [1.807, 2.05) is 0 Å². The Morgan fingerprint density at radius 1 is 0.900 bits per heavy atom. The standard InChI is InChI=1S/C17H35NO2/c1-2-3-4-5-6-7-8-9-10-11-17(19)16-18-12-14-20-15-13-18/h17,19H,2-16H2,1H3/t17-/m0/s1. The number of aliphatic hydroxyl groups is 1. The van der Waals surface area contributed by atoms with E-state index in [0.29, 0.717) is 0 Å². The number of nitrogens with zero attached hydrogens (tertiary/aromatic N) is 1. The van der Waals surface area contributed by atoms with Crippen LogP contribution in [0.4, 0.5) is 0 Å². The molecule has 1 aliphatic rings. The van der Waals surface area contributed by atoms with E-state index in [1.165, 1.54) is 57.8 Å². The van der Waals surface area contributed by atoms with Crippen LogP contribution in [0.5, 0.6) is 0 Å². The van der Waals surface area contributed by atoms with Gasteiger partial charge in [-0.1, -0.05) is 64.7 Å². The molecule has 0 unspecified atom stereocenters. The van der Waals surface area contributed by atoms with Gasteiger partial charge in [-0.3, -0.25) is 4.90 Å². The van der Waals surface area contributed by atoms with Crippen molar-refractivity contribution in [3.05, 3.63) is 0 Å². The molecule has 3 heteroatoms. The molecule has 0 aromatic rings. The lowest BCUT2D eigenvalue weighted by Gasteiger charge is -2.28. The van der Waals surface area contributed by atoms with Gasteiger partial charge in [-0.15, -0.1) is 0 Å². The Morgan fingerprint density at radius 2 is 1.45 bits per heavy atom. The highest BCUT2D eigenvalue weighted by Gasteiger charge is 2.14. The molecule has 0 aromatic heterocycles. The maximum Gasteiger partial charge on any atom is 0.0667 e. The molecule has 1 atom stereocenters. The monoisotopic (exact) mass is 285 g/mol. The fourth-order valence-corrected chi connectivity index (χ4v) is 2.86. The lowest BCUT2D eigenvalue weighted by Crippen LogP contribution is -2.40. The molecule has 1 fully saturated rings. The number of hydrogen-bond donors (Lipinski definition) is 1. The molecule has 0 aromatic carbocycles. The average molecular weight is 285 g/mol. The van der Waals surface area contributed by atoms with Crippen molar-refractivity contribution in [1.82, 2.24) is 4.90 Å². The minimum atomic E-state index is -0.141. The Bertz CT molecular complexity index is 205. The molecule has 0 amide bonds. The van der Waals surface area contributed by atoms with Gasteiger partial charge in [0.15, 0.2) is 0 Å². The first-order valence-electron chi connectivity index (χ1n) is 8.81. The first-order chi connectivity index (χ1) is 9.83. The molecule has 0 saturated carbocycles. The summed E-state index contributed by atoms with van der Waals surface area (Å²) in [5, 5.41) is 10.0. The van der Waals surface area contributed by atoms with Gasteiger partial charge in [-0.05, 0) is 6.42 Å². The van der Waals surface area contributed by atoms with Crippen molar-refractivity contribution in [3.8, 4) is 0 Å². The van der Waals surface area contributed by atoms with Gasteiger partial charge in [0.1, 0.15) is 0 Å². The maximum absolute atomic E-state index is 10.0. The molecule has 1 saturated heterocycles. The number of morpholine rings is 1. The highest BCUT2D eigenvalue weighted by Crippen LogP contribution is 2.12. The number of rotatable bonds is 12. The molecule has 20 heavy (non-hydrogen) atoms. The summed E-state index contributed by atoms with van der Waals surface area (Å²) in [5.41, 5.74) is 0. The highest BCUT2D eigenvalue weighted by molar-refractivity contribution is 4.67. The van der Waals surface area contributed by atoms with Crippen LogP contribution in [0.25, 0.3) is 0 Å². The highest BCUT2D eigenvalue weighted by atomic mass is 16.5. The molecule has 120 valence electrons. The van der Waals surface area contributed by atoms with E-state index in [1.54, 1.807) is 0 Å². The van der Waals surface area contributed by atoms with Crippen molar-refractivity contribution >= 4 is 0 Å². The number of hydrogen-bond acceptors (Lipinski definition) is 3. The third-order valence-electron chi connectivity index (χ3n) is 4.21. The van der Waals surface area contributed by atoms with E-state index in [0.717, 1.165) is 39.3 Å². The molecular weight excluding hydrogens is 250 g/mol. The van der Waals surface area contributed by atoms with E-state index in [2.05, 4.69) is 11.8 Å². The lowest BCUT2D eigenvalue weighted by atomic mass is 10.0. The molecule has 1 heterocycles. The second-order valence-electron chi connectivity index (χ2n) is 6.18. The summed E-state index contributed by atoms with van der Waals surface area (Å²) in [5.74, 6) is 0. The van der Waals surface area contributed by atoms with Crippen LogP contribution in [0.3, 0.4) is 0 Å². The summed E-state index contributed by atoms with van der Waals surface area (Å²) >= 11 is 0. The van der Waals surface area contributed by atoms with Crippen LogP contribution in [0, 0.1) is 0 Å². The van der Waals surface area contributed by atoms with E-state index in [-0.39, 0.29) is 6.10 Å². The number of unbranched alkanes of at least 4 members (excludes halogenated alkanes) is 8. The van der Waals surface area contributed by atoms with Crippen LogP contribution in [-0.4, -0.2) is 49.0 Å². The minimum absolute atomic E-state index is 0.141. The summed E-state index contributed by atoms with van der Waals surface area (Å²) in [4.78, 5) is 2.32. The molecular formula is C17H35NO2. The van der Waals surface area contributed by atoms with E-state index in [9.17, 15) is 5.11 Å².